The summed E-state index contributed by atoms with van der Waals surface area (Å²) in [6, 6.07) is 22.6. The maximum absolute atomic E-state index is 13.4. The molecule has 3 aromatic carbocycles. The molecule has 0 unspecified atom stereocenters. The van der Waals surface area contributed by atoms with Crippen molar-refractivity contribution in [1.82, 2.24) is 19.5 Å². The van der Waals surface area contributed by atoms with Gasteiger partial charge in [0.2, 0.25) is 0 Å². The number of esters is 2. The number of nitrogens with zero attached hydrogens (tertiary/aromatic N) is 4. The summed E-state index contributed by atoms with van der Waals surface area (Å²) in [6.07, 6.45) is -1.06. The summed E-state index contributed by atoms with van der Waals surface area (Å²) in [7, 11) is 1.54. The number of carbonyl (C=O) groups is 3. The monoisotopic (exact) mass is 665 g/mol. The van der Waals surface area contributed by atoms with Gasteiger partial charge in [-0.25, -0.2) is 24.5 Å². The van der Waals surface area contributed by atoms with Gasteiger partial charge in [0.1, 0.15) is 25.1 Å². The Balaban J connectivity index is 1.32. The first-order valence-corrected chi connectivity index (χ1v) is 15.6. The lowest BCUT2D eigenvalue weighted by Crippen LogP contribution is -2.40. The van der Waals surface area contributed by atoms with Crippen LogP contribution in [0.15, 0.2) is 91.5 Å². The fourth-order valence-corrected chi connectivity index (χ4v) is 5.36. The normalized spacial score (nSPS) is 18.7. The second kappa shape index (κ2) is 15.2. The number of aromatic nitrogens is 4. The van der Waals surface area contributed by atoms with Gasteiger partial charge in [-0.15, -0.1) is 0 Å². The van der Waals surface area contributed by atoms with Crippen LogP contribution >= 0.6 is 0 Å². The van der Waals surface area contributed by atoms with E-state index in [2.05, 4.69) is 20.3 Å². The molecule has 1 N–H and O–H groups in total. The van der Waals surface area contributed by atoms with Crippen molar-refractivity contribution < 1.29 is 38.1 Å². The second-order valence-electron chi connectivity index (χ2n) is 11.5. The van der Waals surface area contributed by atoms with E-state index in [9.17, 15) is 14.4 Å². The number of carbonyl (C=O) groups excluding carboxylic acids is 3. The van der Waals surface area contributed by atoms with E-state index in [1.165, 1.54) is 12.7 Å². The van der Waals surface area contributed by atoms with Crippen molar-refractivity contribution in [3.63, 3.8) is 0 Å². The molecule has 252 valence electrons. The number of methoxy groups -OCH3 is 1. The second-order valence-corrected chi connectivity index (χ2v) is 11.5. The molecule has 3 heterocycles. The average Bonchev–Trinajstić information content (AvgIpc) is 3.70. The van der Waals surface area contributed by atoms with Crippen molar-refractivity contribution in [3.05, 3.63) is 119 Å². The molecule has 4 atom stereocenters. The van der Waals surface area contributed by atoms with Crippen LogP contribution in [0.2, 0.25) is 0 Å². The Hall–Kier alpha value is -5.50. The third-order valence-electron chi connectivity index (χ3n) is 7.98. The minimum Gasteiger partial charge on any atom is -0.459 e. The van der Waals surface area contributed by atoms with E-state index in [4.69, 9.17) is 23.7 Å². The fraction of sp³-hybridized carbons (Fsp3) is 0.278. The van der Waals surface area contributed by atoms with Gasteiger partial charge < -0.3 is 29.0 Å². The molecule has 5 aromatic rings. The van der Waals surface area contributed by atoms with Gasteiger partial charge in [0.15, 0.2) is 29.3 Å². The minimum absolute atomic E-state index is 0.134. The van der Waals surface area contributed by atoms with E-state index >= 15 is 0 Å². The number of hydrogen-bond acceptors (Lipinski definition) is 11. The molecule has 1 amide bonds. The average molecular weight is 666 g/mol. The SMILES string of the molecule is COCCO[C@@H]1[C@H](OC(=O)c2ccc(C)cc2)[C@@H](COC(=O)c2ccc(C)cc2)O[C@H]1n1cnc2c(NC(=O)c3ccccc3)ncnc21. The van der Waals surface area contributed by atoms with Crippen molar-refractivity contribution in [2.75, 3.05) is 32.2 Å². The highest BCUT2D eigenvalue weighted by molar-refractivity contribution is 6.06. The van der Waals surface area contributed by atoms with Crippen LogP contribution in [-0.2, 0) is 23.7 Å². The van der Waals surface area contributed by atoms with Crippen LogP contribution in [0.3, 0.4) is 0 Å². The number of benzene rings is 3. The molecule has 6 rings (SSSR count). The molecule has 13 nitrogen and oxygen atoms in total. The van der Waals surface area contributed by atoms with Crippen molar-refractivity contribution in [2.24, 2.45) is 0 Å². The zero-order chi connectivity index (χ0) is 34.3. The Labute approximate surface area is 282 Å². The zero-order valence-electron chi connectivity index (χ0n) is 27.1. The molecule has 0 saturated carbocycles. The smallest absolute Gasteiger partial charge is 0.338 e. The Morgan fingerprint density at radius 2 is 1.47 bits per heavy atom. The quantitative estimate of drug-likeness (QED) is 0.146. The third-order valence-corrected chi connectivity index (χ3v) is 7.98. The number of aryl methyl sites for hydroxylation is 2. The van der Waals surface area contributed by atoms with E-state index < -0.39 is 36.5 Å². The van der Waals surface area contributed by atoms with E-state index in [0.29, 0.717) is 27.9 Å². The number of rotatable bonds is 12. The van der Waals surface area contributed by atoms with E-state index in [-0.39, 0.29) is 31.5 Å². The summed E-state index contributed by atoms with van der Waals surface area (Å²) in [5.41, 5.74) is 3.75. The summed E-state index contributed by atoms with van der Waals surface area (Å²) in [4.78, 5) is 52.6. The van der Waals surface area contributed by atoms with Gasteiger partial charge in [-0.2, -0.15) is 0 Å². The predicted molar refractivity (Wildman–Crippen MR) is 177 cm³/mol. The first-order valence-electron chi connectivity index (χ1n) is 15.6. The van der Waals surface area contributed by atoms with Crippen LogP contribution in [0.1, 0.15) is 48.4 Å². The van der Waals surface area contributed by atoms with E-state index in [0.717, 1.165) is 11.1 Å². The van der Waals surface area contributed by atoms with Crippen LogP contribution in [0.4, 0.5) is 5.82 Å². The third kappa shape index (κ3) is 7.64. The Kier molecular flexibility index (Phi) is 10.3. The lowest BCUT2D eigenvalue weighted by Gasteiger charge is -2.25. The number of fused-ring (bicyclic) bond motifs is 1. The highest BCUT2D eigenvalue weighted by Crippen LogP contribution is 2.37. The topological polar surface area (TPSA) is 153 Å². The van der Waals surface area contributed by atoms with Crippen LogP contribution in [0.5, 0.6) is 0 Å². The highest BCUT2D eigenvalue weighted by Gasteiger charge is 2.50. The molecule has 1 saturated heterocycles. The Morgan fingerprint density at radius 1 is 0.796 bits per heavy atom. The number of anilines is 1. The van der Waals surface area contributed by atoms with Gasteiger partial charge in [-0.05, 0) is 50.2 Å². The van der Waals surface area contributed by atoms with Gasteiger partial charge >= 0.3 is 11.9 Å². The van der Waals surface area contributed by atoms with Crippen molar-refractivity contribution in [3.8, 4) is 0 Å². The molecule has 13 heteroatoms. The summed E-state index contributed by atoms with van der Waals surface area (Å²) >= 11 is 0. The van der Waals surface area contributed by atoms with E-state index in [1.54, 1.807) is 60.2 Å². The molecule has 0 radical (unpaired) electrons. The molecule has 0 bridgehead atoms. The van der Waals surface area contributed by atoms with Gasteiger partial charge in [0.05, 0.1) is 30.7 Å². The minimum atomic E-state index is -1.03. The summed E-state index contributed by atoms with van der Waals surface area (Å²) in [5.74, 6) is -1.34. The summed E-state index contributed by atoms with van der Waals surface area (Å²) in [5, 5.41) is 2.79. The molecule has 1 fully saturated rings. The Bertz CT molecular complexity index is 1910. The van der Waals surface area contributed by atoms with Gasteiger partial charge in [-0.1, -0.05) is 53.6 Å². The van der Waals surface area contributed by atoms with Crippen LogP contribution in [0.25, 0.3) is 11.2 Å². The van der Waals surface area contributed by atoms with Gasteiger partial charge in [0, 0.05) is 12.7 Å². The lowest BCUT2D eigenvalue weighted by atomic mass is 10.1. The maximum Gasteiger partial charge on any atom is 0.338 e. The highest BCUT2D eigenvalue weighted by atomic mass is 16.6. The first kappa shape index (κ1) is 33.4. The lowest BCUT2D eigenvalue weighted by molar-refractivity contribution is -0.0805. The number of hydrogen-bond donors (Lipinski definition) is 1. The fourth-order valence-electron chi connectivity index (χ4n) is 5.36. The summed E-state index contributed by atoms with van der Waals surface area (Å²) in [6.45, 7) is 3.97. The number of nitrogens with one attached hydrogen (secondary N) is 1. The molecule has 0 spiro atoms. The molecule has 49 heavy (non-hydrogen) atoms. The van der Waals surface area contributed by atoms with Gasteiger partial charge in [0.25, 0.3) is 5.91 Å². The van der Waals surface area contributed by atoms with Crippen LogP contribution < -0.4 is 5.32 Å². The zero-order valence-corrected chi connectivity index (χ0v) is 27.1. The van der Waals surface area contributed by atoms with Crippen LogP contribution in [0, 0.1) is 13.8 Å². The summed E-state index contributed by atoms with van der Waals surface area (Å²) < 4.78 is 31.3. The number of ether oxygens (including phenoxy) is 5. The maximum atomic E-state index is 13.4. The molecule has 1 aliphatic heterocycles. The van der Waals surface area contributed by atoms with Gasteiger partial charge in [-0.3, -0.25) is 9.36 Å². The first-order chi connectivity index (χ1) is 23.8. The van der Waals surface area contributed by atoms with Crippen LogP contribution in [-0.4, -0.2) is 82.6 Å². The molecular weight excluding hydrogens is 630 g/mol. The van der Waals surface area contributed by atoms with Crippen molar-refractivity contribution in [2.45, 2.75) is 38.4 Å². The largest absolute Gasteiger partial charge is 0.459 e. The number of amides is 1. The predicted octanol–water partition coefficient (Wildman–Crippen LogP) is 4.71. The molecule has 1 aliphatic rings. The molecular formula is C36H35N5O8. The molecule has 0 aliphatic carbocycles. The Morgan fingerprint density at radius 3 is 2.14 bits per heavy atom. The number of imidazole rings is 1. The van der Waals surface area contributed by atoms with Crippen molar-refractivity contribution >= 4 is 34.8 Å². The standard InChI is InChI=1S/C36H35N5O8/c1-22-9-13-25(14-10-22)35(43)47-19-27-29(49-36(44)26-15-11-23(2)12-16-26)30(46-18-17-45-3)34(48-27)41-21-39-28-31(37-20-38-32(28)41)40-33(42)24-7-5-4-6-8-24/h4-16,20-21,27,29-30,34H,17-19H2,1-3H3,(H,37,38,40,42)/t27-,29-,30-,34-/m1/s1. The van der Waals surface area contributed by atoms with Crippen molar-refractivity contribution in [1.29, 1.82) is 0 Å². The van der Waals surface area contributed by atoms with E-state index in [1.807, 2.05) is 44.2 Å². The molecule has 2 aromatic heterocycles.